The quantitative estimate of drug-likeness (QED) is 0.739. The number of aliphatic hydroxyl groups is 1. The lowest BCUT2D eigenvalue weighted by Crippen LogP contribution is -2.28. The zero-order valence-electron chi connectivity index (χ0n) is 11.1. The van der Waals surface area contributed by atoms with Gasteiger partial charge in [0.15, 0.2) is 0 Å². The van der Waals surface area contributed by atoms with E-state index in [0.717, 1.165) is 10.2 Å². The summed E-state index contributed by atoms with van der Waals surface area (Å²) in [4.78, 5) is 17.4. The first-order valence-corrected chi connectivity index (χ1v) is 7.03. The third kappa shape index (κ3) is 3.24. The van der Waals surface area contributed by atoms with Gasteiger partial charge in [-0.3, -0.25) is 4.79 Å². The van der Waals surface area contributed by atoms with Crippen molar-refractivity contribution in [3.63, 3.8) is 0 Å². The summed E-state index contributed by atoms with van der Waals surface area (Å²) < 4.78 is 4.82. The molecular weight excluding hydrogens is 278 g/mol. The van der Waals surface area contributed by atoms with Crippen molar-refractivity contribution in [2.45, 2.75) is 12.5 Å². The number of carbonyl (C=O) groups excluding carboxylic acids is 1. The molecule has 0 radical (unpaired) electrons. The highest BCUT2D eigenvalue weighted by molar-refractivity contribution is 7.21. The molecule has 0 aliphatic carbocycles. The molecule has 2 aromatic heterocycles. The second kappa shape index (κ2) is 6.65. The molecule has 0 aromatic carbocycles. The van der Waals surface area contributed by atoms with Crippen LogP contribution in [0, 0.1) is 0 Å². The van der Waals surface area contributed by atoms with E-state index in [1.165, 1.54) is 18.4 Å². The number of amides is 1. The lowest BCUT2D eigenvalue weighted by molar-refractivity contribution is 0.0588. The molecule has 0 aliphatic rings. The van der Waals surface area contributed by atoms with Crippen molar-refractivity contribution in [1.29, 1.82) is 0 Å². The normalized spacial score (nSPS) is 12.5. The van der Waals surface area contributed by atoms with Crippen molar-refractivity contribution >= 4 is 33.1 Å². The minimum Gasteiger partial charge on any atom is -0.397 e. The van der Waals surface area contributed by atoms with Gasteiger partial charge in [0.1, 0.15) is 9.71 Å². The van der Waals surface area contributed by atoms with Crippen LogP contribution in [0.15, 0.2) is 18.3 Å². The van der Waals surface area contributed by atoms with Crippen molar-refractivity contribution < 1.29 is 14.6 Å². The highest BCUT2D eigenvalue weighted by Gasteiger charge is 2.16. The van der Waals surface area contributed by atoms with Gasteiger partial charge >= 0.3 is 0 Å². The van der Waals surface area contributed by atoms with Crippen LogP contribution in [0.2, 0.25) is 0 Å². The minimum atomic E-state index is -0.582. The van der Waals surface area contributed by atoms with Crippen LogP contribution >= 0.6 is 11.3 Å². The van der Waals surface area contributed by atoms with Crippen LogP contribution in [0.5, 0.6) is 0 Å². The number of nitrogen functional groups attached to an aromatic ring is 1. The van der Waals surface area contributed by atoms with Gasteiger partial charge in [-0.05, 0) is 18.6 Å². The number of nitrogens with one attached hydrogen (secondary N) is 1. The Kier molecular flexibility index (Phi) is 4.89. The molecule has 4 N–H and O–H groups in total. The summed E-state index contributed by atoms with van der Waals surface area (Å²) in [6, 6.07) is 3.63. The number of aliphatic hydroxyl groups excluding tert-OH is 1. The van der Waals surface area contributed by atoms with E-state index in [4.69, 9.17) is 10.5 Å². The number of hydrogen-bond donors (Lipinski definition) is 3. The van der Waals surface area contributed by atoms with Gasteiger partial charge in [0.05, 0.1) is 18.4 Å². The van der Waals surface area contributed by atoms with Gasteiger partial charge in [0.25, 0.3) is 5.91 Å². The van der Waals surface area contributed by atoms with Crippen molar-refractivity contribution in [2.24, 2.45) is 0 Å². The van der Waals surface area contributed by atoms with Crippen molar-refractivity contribution in [3.8, 4) is 0 Å². The lowest BCUT2D eigenvalue weighted by Gasteiger charge is -2.09. The number of hydrogen-bond acceptors (Lipinski definition) is 6. The zero-order chi connectivity index (χ0) is 14.5. The van der Waals surface area contributed by atoms with Crippen LogP contribution in [-0.4, -0.2) is 42.4 Å². The second-order valence-electron chi connectivity index (χ2n) is 4.35. The van der Waals surface area contributed by atoms with Gasteiger partial charge in [-0.1, -0.05) is 0 Å². The maximum Gasteiger partial charge on any atom is 0.263 e. The molecule has 1 amide bonds. The topological polar surface area (TPSA) is 97.5 Å². The maximum absolute atomic E-state index is 12.1. The lowest BCUT2D eigenvalue weighted by atomic mass is 10.2. The molecule has 0 bridgehead atoms. The van der Waals surface area contributed by atoms with E-state index in [-0.39, 0.29) is 12.5 Å². The molecular formula is C13H17N3O3S. The van der Waals surface area contributed by atoms with Crippen LogP contribution in [-0.2, 0) is 4.74 Å². The molecule has 7 heteroatoms. The Hall–Kier alpha value is -1.70. The molecule has 0 fully saturated rings. The molecule has 20 heavy (non-hydrogen) atoms. The number of ether oxygens (including phenoxy) is 1. The van der Waals surface area contributed by atoms with Crippen LogP contribution in [0.4, 0.5) is 5.69 Å². The van der Waals surface area contributed by atoms with Gasteiger partial charge in [-0.2, -0.15) is 0 Å². The molecule has 0 saturated heterocycles. The predicted octanol–water partition coefficient (Wildman–Crippen LogP) is 1.01. The summed E-state index contributed by atoms with van der Waals surface area (Å²) in [5.74, 6) is -0.241. The van der Waals surface area contributed by atoms with Gasteiger partial charge in [-0.25, -0.2) is 4.98 Å². The fourth-order valence-electron chi connectivity index (χ4n) is 1.83. The van der Waals surface area contributed by atoms with E-state index < -0.39 is 6.10 Å². The second-order valence-corrected chi connectivity index (χ2v) is 5.35. The molecule has 2 aromatic rings. The molecule has 0 aliphatic heterocycles. The van der Waals surface area contributed by atoms with E-state index in [1.54, 1.807) is 12.3 Å². The maximum atomic E-state index is 12.1. The molecule has 2 rings (SSSR count). The molecule has 1 atom stereocenters. The predicted molar refractivity (Wildman–Crippen MR) is 78.9 cm³/mol. The van der Waals surface area contributed by atoms with E-state index in [1.807, 2.05) is 6.07 Å². The van der Waals surface area contributed by atoms with Gasteiger partial charge < -0.3 is 20.9 Å². The Morgan fingerprint density at radius 2 is 2.45 bits per heavy atom. The fraction of sp³-hybridized carbons (Fsp3) is 0.385. The number of anilines is 1. The SMILES string of the molecule is COCC(O)CCNC(=O)c1sc2ncccc2c1N. The fourth-order valence-corrected chi connectivity index (χ4v) is 2.81. The van der Waals surface area contributed by atoms with E-state index in [9.17, 15) is 9.90 Å². The van der Waals surface area contributed by atoms with Crippen molar-refractivity contribution in [1.82, 2.24) is 10.3 Å². The van der Waals surface area contributed by atoms with Gasteiger partial charge in [-0.15, -0.1) is 11.3 Å². The Labute approximate surface area is 120 Å². The number of fused-ring (bicyclic) bond motifs is 1. The molecule has 108 valence electrons. The molecule has 0 saturated carbocycles. The average Bonchev–Trinajstić information content (AvgIpc) is 2.77. The highest BCUT2D eigenvalue weighted by Crippen LogP contribution is 2.31. The number of nitrogens with two attached hydrogens (primary N) is 1. The van der Waals surface area contributed by atoms with Crippen LogP contribution < -0.4 is 11.1 Å². The van der Waals surface area contributed by atoms with E-state index >= 15 is 0 Å². The summed E-state index contributed by atoms with van der Waals surface area (Å²) in [6.45, 7) is 0.620. The Bertz CT molecular complexity index is 600. The zero-order valence-corrected chi connectivity index (χ0v) is 11.9. The van der Waals surface area contributed by atoms with E-state index in [2.05, 4.69) is 10.3 Å². The van der Waals surface area contributed by atoms with E-state index in [0.29, 0.717) is 23.5 Å². The van der Waals surface area contributed by atoms with Crippen molar-refractivity contribution in [2.75, 3.05) is 26.0 Å². The molecule has 2 heterocycles. The summed E-state index contributed by atoms with van der Waals surface area (Å²) in [5, 5.41) is 13.0. The summed E-state index contributed by atoms with van der Waals surface area (Å²) >= 11 is 1.27. The molecule has 1 unspecified atom stereocenters. The van der Waals surface area contributed by atoms with Crippen LogP contribution in [0.3, 0.4) is 0 Å². The monoisotopic (exact) mass is 295 g/mol. The number of methoxy groups -OCH3 is 1. The summed E-state index contributed by atoms with van der Waals surface area (Å²) in [5.41, 5.74) is 6.41. The third-order valence-electron chi connectivity index (χ3n) is 2.83. The van der Waals surface area contributed by atoms with Gasteiger partial charge in [0.2, 0.25) is 0 Å². The summed E-state index contributed by atoms with van der Waals surface area (Å²) in [7, 11) is 1.52. The molecule has 0 spiro atoms. The number of thiophene rings is 1. The van der Waals surface area contributed by atoms with Crippen LogP contribution in [0.1, 0.15) is 16.1 Å². The first kappa shape index (κ1) is 14.7. The number of rotatable bonds is 6. The number of nitrogens with zero attached hydrogens (tertiary/aromatic N) is 1. The average molecular weight is 295 g/mol. The highest BCUT2D eigenvalue weighted by atomic mass is 32.1. The Morgan fingerprint density at radius 1 is 1.65 bits per heavy atom. The van der Waals surface area contributed by atoms with Crippen LogP contribution in [0.25, 0.3) is 10.2 Å². The Morgan fingerprint density at radius 3 is 3.15 bits per heavy atom. The standard InChI is InChI=1S/C13H17N3O3S/c1-19-7-8(17)4-6-15-12(18)11-10(14)9-3-2-5-16-13(9)20-11/h2-3,5,8,17H,4,6-7,14H2,1H3,(H,15,18). The van der Waals surface area contributed by atoms with Gasteiger partial charge in [0, 0.05) is 25.2 Å². The number of pyridine rings is 1. The summed E-state index contributed by atoms with van der Waals surface area (Å²) in [6.07, 6.45) is 1.52. The molecule has 6 nitrogen and oxygen atoms in total. The number of aromatic nitrogens is 1. The number of carbonyl (C=O) groups is 1. The smallest absolute Gasteiger partial charge is 0.263 e. The largest absolute Gasteiger partial charge is 0.397 e. The minimum absolute atomic E-state index is 0.241. The van der Waals surface area contributed by atoms with Crippen molar-refractivity contribution in [3.05, 3.63) is 23.2 Å². The first-order valence-electron chi connectivity index (χ1n) is 6.21. The first-order chi connectivity index (χ1) is 9.63. The Balaban J connectivity index is 1.99. The third-order valence-corrected chi connectivity index (χ3v) is 3.96.